The second kappa shape index (κ2) is 6.20. The van der Waals surface area contributed by atoms with Crippen molar-refractivity contribution in [3.05, 3.63) is 54.1 Å². The molecule has 0 amide bonds. The summed E-state index contributed by atoms with van der Waals surface area (Å²) in [6.07, 6.45) is 3.54. The number of aromatic nitrogens is 2. The summed E-state index contributed by atoms with van der Waals surface area (Å²) in [5, 5.41) is 3.26. The van der Waals surface area contributed by atoms with Crippen LogP contribution in [0.5, 0.6) is 0 Å². The maximum atomic E-state index is 12.8. The number of hydrogen-bond donors (Lipinski definition) is 1. The Morgan fingerprint density at radius 1 is 1.32 bits per heavy atom. The van der Waals surface area contributed by atoms with Gasteiger partial charge in [0.1, 0.15) is 5.82 Å². The Balaban J connectivity index is 1.88. The van der Waals surface area contributed by atoms with Crippen molar-refractivity contribution in [1.29, 1.82) is 0 Å². The lowest BCUT2D eigenvalue weighted by Crippen LogP contribution is -2.49. The fourth-order valence-corrected chi connectivity index (χ4v) is 4.51. The molecular weight excluding hydrogens is 300 g/mol. The molecule has 3 rings (SSSR count). The second-order valence-corrected chi connectivity index (χ2v) is 7.39. The van der Waals surface area contributed by atoms with E-state index in [9.17, 15) is 8.42 Å². The van der Waals surface area contributed by atoms with Crippen molar-refractivity contribution >= 4 is 10.0 Å². The van der Waals surface area contributed by atoms with Gasteiger partial charge in [-0.3, -0.25) is 0 Å². The van der Waals surface area contributed by atoms with Crippen LogP contribution in [0.2, 0.25) is 0 Å². The molecule has 22 heavy (non-hydrogen) atoms. The Kier molecular flexibility index (Phi) is 4.28. The van der Waals surface area contributed by atoms with E-state index < -0.39 is 10.0 Å². The number of sulfonamides is 1. The van der Waals surface area contributed by atoms with Gasteiger partial charge in [0, 0.05) is 39.1 Å². The highest BCUT2D eigenvalue weighted by atomic mass is 32.2. The third kappa shape index (κ3) is 3.06. The van der Waals surface area contributed by atoms with E-state index in [-0.39, 0.29) is 11.8 Å². The van der Waals surface area contributed by atoms with Crippen molar-refractivity contribution in [2.24, 2.45) is 7.05 Å². The van der Waals surface area contributed by atoms with E-state index in [1.807, 2.05) is 48.1 Å². The van der Waals surface area contributed by atoms with E-state index in [4.69, 9.17) is 0 Å². The molecule has 0 bridgehead atoms. The zero-order chi connectivity index (χ0) is 15.6. The molecule has 7 heteroatoms. The first-order valence-corrected chi connectivity index (χ1v) is 8.90. The fraction of sp³-hybridized carbons (Fsp3) is 0.400. The molecule has 1 fully saturated rings. The van der Waals surface area contributed by atoms with Crippen molar-refractivity contribution < 1.29 is 8.42 Å². The minimum absolute atomic E-state index is 0.0226. The highest BCUT2D eigenvalue weighted by Crippen LogP contribution is 2.25. The highest BCUT2D eigenvalue weighted by molar-refractivity contribution is 7.88. The lowest BCUT2D eigenvalue weighted by molar-refractivity contribution is 0.258. The summed E-state index contributed by atoms with van der Waals surface area (Å²) in [7, 11) is -1.50. The number of nitrogens with one attached hydrogen (secondary N) is 1. The third-order valence-corrected chi connectivity index (χ3v) is 5.75. The molecule has 0 saturated carbocycles. The average Bonchev–Trinajstić information content (AvgIpc) is 2.94. The minimum Gasteiger partial charge on any atom is -0.337 e. The van der Waals surface area contributed by atoms with Crippen molar-refractivity contribution in [3.8, 4) is 0 Å². The number of piperazine rings is 1. The molecule has 1 aromatic carbocycles. The van der Waals surface area contributed by atoms with E-state index in [0.29, 0.717) is 19.6 Å². The first-order chi connectivity index (χ1) is 10.6. The Bertz CT molecular complexity index is 727. The van der Waals surface area contributed by atoms with E-state index in [1.54, 1.807) is 10.5 Å². The molecule has 1 aliphatic rings. The summed E-state index contributed by atoms with van der Waals surface area (Å²) in [4.78, 5) is 4.33. The van der Waals surface area contributed by atoms with Gasteiger partial charge in [0.2, 0.25) is 10.0 Å². The summed E-state index contributed by atoms with van der Waals surface area (Å²) in [6, 6.07) is 9.03. The molecule has 1 unspecified atom stereocenters. The molecule has 1 aliphatic heterocycles. The number of rotatable bonds is 4. The number of aryl methyl sites for hydroxylation is 1. The molecule has 0 radical (unpaired) electrons. The lowest BCUT2D eigenvalue weighted by Gasteiger charge is -2.34. The Labute approximate surface area is 130 Å². The van der Waals surface area contributed by atoms with Crippen LogP contribution in [-0.2, 0) is 22.8 Å². The smallest absolute Gasteiger partial charge is 0.219 e. The van der Waals surface area contributed by atoms with Gasteiger partial charge in [-0.25, -0.2) is 13.4 Å². The normalized spacial score (nSPS) is 20.1. The van der Waals surface area contributed by atoms with E-state index >= 15 is 0 Å². The molecule has 1 aromatic heterocycles. The van der Waals surface area contributed by atoms with Crippen molar-refractivity contribution in [1.82, 2.24) is 19.2 Å². The van der Waals surface area contributed by atoms with Crippen LogP contribution in [0, 0.1) is 0 Å². The minimum atomic E-state index is -3.39. The summed E-state index contributed by atoms with van der Waals surface area (Å²) >= 11 is 0. The average molecular weight is 320 g/mol. The van der Waals surface area contributed by atoms with Gasteiger partial charge in [0.05, 0.1) is 11.8 Å². The van der Waals surface area contributed by atoms with Gasteiger partial charge in [-0.2, -0.15) is 4.31 Å². The zero-order valence-electron chi connectivity index (χ0n) is 12.5. The quantitative estimate of drug-likeness (QED) is 0.909. The third-order valence-electron chi connectivity index (χ3n) is 3.90. The fourth-order valence-electron chi connectivity index (χ4n) is 2.80. The Morgan fingerprint density at radius 3 is 2.77 bits per heavy atom. The van der Waals surface area contributed by atoms with Crippen LogP contribution in [0.25, 0.3) is 0 Å². The zero-order valence-corrected chi connectivity index (χ0v) is 13.3. The number of benzene rings is 1. The topological polar surface area (TPSA) is 67.2 Å². The van der Waals surface area contributed by atoms with Gasteiger partial charge < -0.3 is 9.88 Å². The molecular formula is C15H20N4O2S. The molecule has 0 spiro atoms. The largest absolute Gasteiger partial charge is 0.337 e. The summed E-state index contributed by atoms with van der Waals surface area (Å²) in [5.41, 5.74) is 0.805. The summed E-state index contributed by atoms with van der Waals surface area (Å²) < 4.78 is 29.1. The maximum absolute atomic E-state index is 12.8. The van der Waals surface area contributed by atoms with Crippen molar-refractivity contribution in [2.45, 2.75) is 11.8 Å². The molecule has 1 N–H and O–H groups in total. The molecule has 6 nitrogen and oxygen atoms in total. The molecule has 1 saturated heterocycles. The van der Waals surface area contributed by atoms with E-state index in [1.165, 1.54) is 0 Å². The predicted molar refractivity (Wildman–Crippen MR) is 84.6 cm³/mol. The number of imidazole rings is 1. The lowest BCUT2D eigenvalue weighted by atomic mass is 10.2. The van der Waals surface area contributed by atoms with Crippen LogP contribution in [0.3, 0.4) is 0 Å². The van der Waals surface area contributed by atoms with Crippen LogP contribution in [0.1, 0.15) is 17.4 Å². The van der Waals surface area contributed by atoms with Crippen molar-refractivity contribution in [2.75, 3.05) is 19.6 Å². The molecule has 2 heterocycles. The summed E-state index contributed by atoms with van der Waals surface area (Å²) in [5.74, 6) is 0.790. The van der Waals surface area contributed by atoms with Crippen molar-refractivity contribution in [3.63, 3.8) is 0 Å². The number of hydrogen-bond acceptors (Lipinski definition) is 4. The van der Waals surface area contributed by atoms with Crippen LogP contribution in [0.15, 0.2) is 42.7 Å². The Hall–Kier alpha value is -1.70. The monoisotopic (exact) mass is 320 g/mol. The first kappa shape index (κ1) is 15.2. The molecule has 118 valence electrons. The van der Waals surface area contributed by atoms with Gasteiger partial charge >= 0.3 is 0 Å². The Morgan fingerprint density at radius 2 is 2.09 bits per heavy atom. The SMILES string of the molecule is Cn1ccnc1C1CNCCN1S(=O)(=O)Cc1ccccc1. The molecule has 2 aromatic rings. The highest BCUT2D eigenvalue weighted by Gasteiger charge is 2.35. The van der Waals surface area contributed by atoms with Crippen LogP contribution in [-0.4, -0.2) is 41.9 Å². The van der Waals surface area contributed by atoms with E-state index in [2.05, 4.69) is 10.3 Å². The molecule has 1 atom stereocenters. The maximum Gasteiger partial charge on any atom is 0.219 e. The molecule has 0 aliphatic carbocycles. The van der Waals surface area contributed by atoms with Crippen LogP contribution < -0.4 is 5.32 Å². The van der Waals surface area contributed by atoms with Gasteiger partial charge in [-0.05, 0) is 5.56 Å². The van der Waals surface area contributed by atoms with E-state index in [0.717, 1.165) is 11.4 Å². The predicted octanol–water partition coefficient (Wildman–Crippen LogP) is 0.896. The number of nitrogens with zero attached hydrogens (tertiary/aromatic N) is 3. The van der Waals surface area contributed by atoms with Crippen LogP contribution in [0.4, 0.5) is 0 Å². The standard InChI is InChI=1S/C15H20N4O2S/c1-18-9-8-17-15(18)14-11-16-7-10-19(14)22(20,21)12-13-5-3-2-4-6-13/h2-6,8-9,14,16H,7,10-12H2,1H3. The van der Waals surface area contributed by atoms with Gasteiger partial charge in [0.25, 0.3) is 0 Å². The van der Waals surface area contributed by atoms with Gasteiger partial charge in [0.15, 0.2) is 0 Å². The van der Waals surface area contributed by atoms with Gasteiger partial charge in [-0.15, -0.1) is 0 Å². The van der Waals surface area contributed by atoms with Crippen LogP contribution >= 0.6 is 0 Å². The second-order valence-electron chi connectivity index (χ2n) is 5.47. The van der Waals surface area contributed by atoms with Gasteiger partial charge in [-0.1, -0.05) is 30.3 Å². The first-order valence-electron chi connectivity index (χ1n) is 7.29. The summed E-state index contributed by atoms with van der Waals surface area (Å²) in [6.45, 7) is 1.71.